The van der Waals surface area contributed by atoms with Crippen LogP contribution in [0.2, 0.25) is 18.1 Å². The van der Waals surface area contributed by atoms with Crippen molar-refractivity contribution >= 4 is 25.9 Å². The molecule has 0 bridgehead atoms. The van der Waals surface area contributed by atoms with Gasteiger partial charge in [-0.1, -0.05) is 40.5 Å². The van der Waals surface area contributed by atoms with Crippen LogP contribution in [0, 0.1) is 0 Å². The number of esters is 1. The van der Waals surface area contributed by atoms with Gasteiger partial charge in [0, 0.05) is 20.6 Å². The fraction of sp³-hybridized carbons (Fsp3) is 0.870. The summed E-state index contributed by atoms with van der Waals surface area (Å²) in [6.07, 6.45) is 0.737. The van der Waals surface area contributed by atoms with E-state index in [1.807, 2.05) is 6.92 Å². The Hall–Kier alpha value is -1.17. The van der Waals surface area contributed by atoms with Crippen molar-refractivity contribution in [1.82, 2.24) is 0 Å². The van der Waals surface area contributed by atoms with Gasteiger partial charge in [-0.25, -0.2) is 0 Å². The quantitative estimate of drug-likeness (QED) is 0.0878. The van der Waals surface area contributed by atoms with Crippen molar-refractivity contribution < 1.29 is 42.5 Å². The van der Waals surface area contributed by atoms with Crippen molar-refractivity contribution in [1.29, 1.82) is 0 Å². The van der Waals surface area contributed by atoms with Gasteiger partial charge >= 0.3 is 5.97 Å². The molecule has 9 nitrogen and oxygen atoms in total. The van der Waals surface area contributed by atoms with Gasteiger partial charge in [0.25, 0.3) is 0 Å². The second-order valence-electron chi connectivity index (χ2n) is 9.48. The van der Waals surface area contributed by atoms with Crippen LogP contribution in [0.4, 0.5) is 0 Å². The van der Waals surface area contributed by atoms with Crippen molar-refractivity contribution in [2.75, 3.05) is 41.0 Å². The molecule has 33 heavy (non-hydrogen) atoms. The molecule has 0 aliphatic heterocycles. The van der Waals surface area contributed by atoms with Crippen molar-refractivity contribution in [2.24, 2.45) is 0 Å². The molecule has 0 rings (SSSR count). The molecule has 0 spiro atoms. The van der Waals surface area contributed by atoms with Gasteiger partial charge < -0.3 is 28.1 Å². The molecular formula is C23H44O9Si. The molecule has 2 atom stereocenters. The molecule has 0 heterocycles. The number of methoxy groups -OCH3 is 2. The van der Waals surface area contributed by atoms with Gasteiger partial charge in [0.05, 0.1) is 6.61 Å². The van der Waals surface area contributed by atoms with Crippen LogP contribution in [-0.2, 0) is 42.5 Å². The van der Waals surface area contributed by atoms with Crippen LogP contribution in [0.25, 0.3) is 0 Å². The topological polar surface area (TPSA) is 107 Å². The summed E-state index contributed by atoms with van der Waals surface area (Å²) in [5.41, 5.74) is 0. The molecule has 194 valence electrons. The normalized spacial score (nSPS) is 14.1. The number of unbranched alkanes of at least 4 members (excludes halogenated alkanes) is 2. The van der Waals surface area contributed by atoms with Gasteiger partial charge in [0.1, 0.15) is 31.9 Å². The molecule has 0 saturated carbocycles. The summed E-state index contributed by atoms with van der Waals surface area (Å²) in [6.45, 7) is 11.9. The van der Waals surface area contributed by atoms with Gasteiger partial charge in [0.15, 0.2) is 21.0 Å². The van der Waals surface area contributed by atoms with E-state index in [9.17, 15) is 14.4 Å². The molecule has 0 saturated heterocycles. The van der Waals surface area contributed by atoms with E-state index in [0.29, 0.717) is 6.42 Å². The molecule has 0 aliphatic rings. The molecule has 0 aromatic carbocycles. The highest BCUT2D eigenvalue weighted by Crippen LogP contribution is 2.36. The Bertz CT molecular complexity index is 587. The zero-order valence-electron chi connectivity index (χ0n) is 21.7. The summed E-state index contributed by atoms with van der Waals surface area (Å²) in [7, 11) is 0.774. The Morgan fingerprint density at radius 2 is 1.55 bits per heavy atom. The Balaban J connectivity index is 5.12. The van der Waals surface area contributed by atoms with E-state index >= 15 is 0 Å². The molecule has 0 N–H and O–H groups in total. The molecule has 0 amide bonds. The lowest BCUT2D eigenvalue weighted by atomic mass is 10.1. The van der Waals surface area contributed by atoms with Crippen molar-refractivity contribution in [2.45, 2.75) is 90.1 Å². The first-order valence-electron chi connectivity index (χ1n) is 11.4. The minimum atomic E-state index is -2.13. The predicted molar refractivity (Wildman–Crippen MR) is 126 cm³/mol. The highest BCUT2D eigenvalue weighted by atomic mass is 28.4. The standard InChI is InChI=1S/C23H44O9Si/c1-9-10-11-12-18(24)13-21(26)29-14-19(25)22(31-17-28-6)20(30-16-27-5)15-32-33(7,8)23(2,3)4/h20,22H,9-17H2,1-8H3/t20-,22-/m1/s1. The molecule has 0 unspecified atom stereocenters. The number of Topliss-reactive ketones (excluding diaryl/α,β-unsaturated/α-hetero) is 2. The molecule has 0 fully saturated rings. The second kappa shape index (κ2) is 16.5. The van der Waals surface area contributed by atoms with Crippen LogP contribution in [0.3, 0.4) is 0 Å². The van der Waals surface area contributed by atoms with E-state index in [4.69, 9.17) is 28.1 Å². The third kappa shape index (κ3) is 13.3. The Kier molecular flexibility index (Phi) is 15.9. The first kappa shape index (κ1) is 31.8. The molecule has 0 aliphatic carbocycles. The minimum absolute atomic E-state index is 0.0368. The summed E-state index contributed by atoms with van der Waals surface area (Å²) in [5.74, 6) is -1.45. The van der Waals surface area contributed by atoms with Crippen LogP contribution in [-0.4, -0.2) is 79.1 Å². The van der Waals surface area contributed by atoms with E-state index in [1.165, 1.54) is 14.2 Å². The van der Waals surface area contributed by atoms with Gasteiger partial charge in [0.2, 0.25) is 5.78 Å². The SMILES string of the molecule is CCCCCC(=O)CC(=O)OCC(=O)[C@@H](OCOC)[C@@H](CO[Si](C)(C)C(C)(C)C)OCOC. The number of carbonyl (C=O) groups excluding carboxylic acids is 3. The average Bonchev–Trinajstić information content (AvgIpc) is 2.73. The van der Waals surface area contributed by atoms with Crippen LogP contribution in [0.15, 0.2) is 0 Å². The van der Waals surface area contributed by atoms with E-state index in [1.54, 1.807) is 0 Å². The van der Waals surface area contributed by atoms with Gasteiger partial charge in [-0.2, -0.15) is 0 Å². The molecule has 0 aromatic heterocycles. The number of ketones is 2. The summed E-state index contributed by atoms with van der Waals surface area (Å²) < 4.78 is 32.5. The lowest BCUT2D eigenvalue weighted by Crippen LogP contribution is -2.48. The summed E-state index contributed by atoms with van der Waals surface area (Å²) in [5, 5.41) is -0.0368. The zero-order valence-corrected chi connectivity index (χ0v) is 22.7. The third-order valence-electron chi connectivity index (χ3n) is 5.61. The van der Waals surface area contributed by atoms with Crippen LogP contribution in [0.5, 0.6) is 0 Å². The van der Waals surface area contributed by atoms with E-state index in [2.05, 4.69) is 33.9 Å². The number of rotatable bonds is 19. The first-order valence-corrected chi connectivity index (χ1v) is 14.4. The lowest BCUT2D eigenvalue weighted by molar-refractivity contribution is -0.180. The fourth-order valence-corrected chi connectivity index (χ4v) is 3.55. The predicted octanol–water partition coefficient (Wildman–Crippen LogP) is 3.64. The van der Waals surface area contributed by atoms with Crippen LogP contribution >= 0.6 is 0 Å². The number of hydrogen-bond acceptors (Lipinski definition) is 9. The molecule has 0 aromatic rings. The third-order valence-corrected chi connectivity index (χ3v) is 10.1. The maximum atomic E-state index is 12.9. The monoisotopic (exact) mass is 492 g/mol. The second-order valence-corrected chi connectivity index (χ2v) is 14.3. The van der Waals surface area contributed by atoms with Gasteiger partial charge in [-0.15, -0.1) is 0 Å². The Morgan fingerprint density at radius 3 is 2.09 bits per heavy atom. The Morgan fingerprint density at radius 1 is 0.939 bits per heavy atom. The van der Waals surface area contributed by atoms with Crippen LogP contribution < -0.4 is 0 Å². The highest BCUT2D eigenvalue weighted by molar-refractivity contribution is 6.74. The molecular weight excluding hydrogens is 448 g/mol. The minimum Gasteiger partial charge on any atom is -0.457 e. The van der Waals surface area contributed by atoms with Crippen molar-refractivity contribution in [3.05, 3.63) is 0 Å². The van der Waals surface area contributed by atoms with Gasteiger partial charge in [-0.3, -0.25) is 14.4 Å². The molecule has 0 radical (unpaired) electrons. The number of carbonyl (C=O) groups is 3. The summed E-state index contributed by atoms with van der Waals surface area (Å²) in [6, 6.07) is 0. The maximum Gasteiger partial charge on any atom is 0.313 e. The van der Waals surface area contributed by atoms with Crippen LogP contribution in [0.1, 0.15) is 59.8 Å². The van der Waals surface area contributed by atoms with Gasteiger partial charge in [-0.05, 0) is 24.6 Å². The highest BCUT2D eigenvalue weighted by Gasteiger charge is 2.39. The summed E-state index contributed by atoms with van der Waals surface area (Å²) in [4.78, 5) is 36.7. The number of hydrogen-bond donors (Lipinski definition) is 0. The average molecular weight is 493 g/mol. The lowest BCUT2D eigenvalue weighted by Gasteiger charge is -2.38. The fourth-order valence-electron chi connectivity index (χ4n) is 2.54. The van der Waals surface area contributed by atoms with E-state index < -0.39 is 38.9 Å². The maximum absolute atomic E-state index is 12.9. The number of ether oxygens (including phenoxy) is 5. The van der Waals surface area contributed by atoms with E-state index in [0.717, 1.165) is 19.3 Å². The zero-order chi connectivity index (χ0) is 25.5. The van der Waals surface area contributed by atoms with Crippen molar-refractivity contribution in [3.63, 3.8) is 0 Å². The summed E-state index contributed by atoms with van der Waals surface area (Å²) >= 11 is 0. The first-order chi connectivity index (χ1) is 15.4. The van der Waals surface area contributed by atoms with E-state index in [-0.39, 0.29) is 37.4 Å². The smallest absolute Gasteiger partial charge is 0.313 e. The van der Waals surface area contributed by atoms with Crippen molar-refractivity contribution in [3.8, 4) is 0 Å². The molecule has 10 heteroatoms. The largest absolute Gasteiger partial charge is 0.457 e. The Labute approximate surface area is 199 Å².